The van der Waals surface area contributed by atoms with Crippen LogP contribution in [0.5, 0.6) is 0 Å². The van der Waals surface area contributed by atoms with Gasteiger partial charge in [-0.1, -0.05) is 44.0 Å². The van der Waals surface area contributed by atoms with Gasteiger partial charge < -0.3 is 0 Å². The van der Waals surface area contributed by atoms with Crippen LogP contribution in [-0.2, 0) is 5.33 Å². The molecule has 1 atom stereocenters. The van der Waals surface area contributed by atoms with E-state index in [-0.39, 0.29) is 16.4 Å². The van der Waals surface area contributed by atoms with Crippen molar-refractivity contribution in [2.75, 3.05) is 0 Å². The molecule has 0 aromatic heterocycles. The van der Waals surface area contributed by atoms with Crippen molar-refractivity contribution >= 4 is 37.6 Å². The molecule has 0 aliphatic carbocycles. The van der Waals surface area contributed by atoms with Gasteiger partial charge in [-0.3, -0.25) is 4.79 Å². The summed E-state index contributed by atoms with van der Waals surface area (Å²) >= 11 is 6.32. The van der Waals surface area contributed by atoms with E-state index in [9.17, 15) is 9.18 Å². The third kappa shape index (κ3) is 2.64. The lowest BCUT2D eigenvalue weighted by Gasteiger charge is -2.04. The molecule has 14 heavy (non-hydrogen) atoms. The predicted molar refractivity (Wildman–Crippen MR) is 61.8 cm³/mol. The van der Waals surface area contributed by atoms with Gasteiger partial charge in [0.1, 0.15) is 5.82 Å². The lowest BCUT2D eigenvalue weighted by atomic mass is 10.1. The third-order valence-corrected chi connectivity index (χ3v) is 2.86. The minimum Gasteiger partial charge on any atom is -0.293 e. The summed E-state index contributed by atoms with van der Waals surface area (Å²) in [6.45, 7) is 1.72. The number of carbonyl (C=O) groups excluding carboxylic acids is 1. The van der Waals surface area contributed by atoms with Crippen LogP contribution < -0.4 is 0 Å². The normalized spacial score (nSPS) is 12.6. The van der Waals surface area contributed by atoms with Gasteiger partial charge in [-0.25, -0.2) is 4.39 Å². The monoisotopic (exact) mass is 322 g/mol. The molecule has 1 aromatic carbocycles. The molecule has 1 nitrogen and oxygen atoms in total. The number of hydrogen-bond acceptors (Lipinski definition) is 1. The van der Waals surface area contributed by atoms with Crippen molar-refractivity contribution in [1.82, 2.24) is 0 Å². The highest BCUT2D eigenvalue weighted by molar-refractivity contribution is 9.10. The van der Waals surface area contributed by atoms with Crippen molar-refractivity contribution < 1.29 is 9.18 Å². The Kier molecular flexibility index (Phi) is 4.26. The van der Waals surface area contributed by atoms with Crippen molar-refractivity contribution in [2.45, 2.75) is 17.1 Å². The first kappa shape index (κ1) is 11.9. The van der Waals surface area contributed by atoms with Crippen molar-refractivity contribution in [3.63, 3.8) is 0 Å². The Hall–Kier alpha value is -0.220. The average Bonchev–Trinajstić information content (AvgIpc) is 2.16. The molecule has 0 fully saturated rings. The van der Waals surface area contributed by atoms with E-state index in [0.717, 1.165) is 0 Å². The van der Waals surface area contributed by atoms with Crippen LogP contribution in [-0.4, -0.2) is 10.6 Å². The molecule has 0 heterocycles. The molecule has 76 valence electrons. The zero-order valence-corrected chi connectivity index (χ0v) is 10.7. The standard InChI is InChI=1S/C10H9Br2FO/c1-6(12)10(14)7-2-3-8(5-11)9(13)4-7/h2-4,6H,5H2,1H3. The maximum Gasteiger partial charge on any atom is 0.176 e. The topological polar surface area (TPSA) is 17.1 Å². The summed E-state index contributed by atoms with van der Waals surface area (Å²) in [6.07, 6.45) is 0. The number of rotatable bonds is 3. The van der Waals surface area contributed by atoms with Gasteiger partial charge in [-0.2, -0.15) is 0 Å². The Morgan fingerprint density at radius 3 is 2.64 bits per heavy atom. The summed E-state index contributed by atoms with van der Waals surface area (Å²) in [5, 5.41) is 0.456. The van der Waals surface area contributed by atoms with Gasteiger partial charge in [0.2, 0.25) is 0 Å². The highest BCUT2D eigenvalue weighted by atomic mass is 79.9. The van der Waals surface area contributed by atoms with E-state index in [1.807, 2.05) is 0 Å². The number of carbonyl (C=O) groups is 1. The molecule has 0 saturated heterocycles. The second-order valence-electron chi connectivity index (χ2n) is 2.92. The van der Waals surface area contributed by atoms with E-state index in [0.29, 0.717) is 16.5 Å². The molecule has 1 rings (SSSR count). The second-order valence-corrected chi connectivity index (χ2v) is 4.85. The van der Waals surface area contributed by atoms with Gasteiger partial charge in [-0.05, 0) is 18.6 Å². The molecule has 0 bridgehead atoms. The number of benzene rings is 1. The first-order valence-electron chi connectivity index (χ1n) is 4.09. The smallest absolute Gasteiger partial charge is 0.176 e. The van der Waals surface area contributed by atoms with E-state index in [4.69, 9.17) is 0 Å². The fourth-order valence-corrected chi connectivity index (χ4v) is 1.76. The first-order chi connectivity index (χ1) is 6.56. The van der Waals surface area contributed by atoms with E-state index in [1.54, 1.807) is 19.1 Å². The van der Waals surface area contributed by atoms with Gasteiger partial charge in [-0.15, -0.1) is 0 Å². The maximum atomic E-state index is 13.3. The van der Waals surface area contributed by atoms with Crippen LogP contribution in [0.2, 0.25) is 0 Å². The minimum absolute atomic E-state index is 0.106. The lowest BCUT2D eigenvalue weighted by molar-refractivity contribution is 0.0995. The Morgan fingerprint density at radius 1 is 1.57 bits per heavy atom. The van der Waals surface area contributed by atoms with Gasteiger partial charge in [0.05, 0.1) is 4.83 Å². The summed E-state index contributed by atoms with van der Waals surface area (Å²) < 4.78 is 13.3. The van der Waals surface area contributed by atoms with Gasteiger partial charge in [0, 0.05) is 10.9 Å². The maximum absolute atomic E-state index is 13.3. The zero-order chi connectivity index (χ0) is 10.7. The number of ketones is 1. The number of Topliss-reactive ketones (excluding diaryl/α,β-unsaturated/α-hetero) is 1. The van der Waals surface area contributed by atoms with Crippen molar-refractivity contribution in [3.05, 3.63) is 35.1 Å². The van der Waals surface area contributed by atoms with Gasteiger partial charge in [0.25, 0.3) is 0 Å². The van der Waals surface area contributed by atoms with Crippen LogP contribution in [0.15, 0.2) is 18.2 Å². The molecule has 0 radical (unpaired) electrons. The van der Waals surface area contributed by atoms with Crippen molar-refractivity contribution in [1.29, 1.82) is 0 Å². The summed E-state index contributed by atoms with van der Waals surface area (Å²) in [7, 11) is 0. The second kappa shape index (κ2) is 5.03. The molecule has 0 saturated carbocycles. The molecule has 0 amide bonds. The van der Waals surface area contributed by atoms with Crippen LogP contribution in [0, 0.1) is 5.82 Å². The molecule has 0 N–H and O–H groups in total. The van der Waals surface area contributed by atoms with E-state index in [2.05, 4.69) is 31.9 Å². The molecular weight excluding hydrogens is 315 g/mol. The number of hydrogen-bond donors (Lipinski definition) is 0. The van der Waals surface area contributed by atoms with Crippen molar-refractivity contribution in [2.24, 2.45) is 0 Å². The fraction of sp³-hybridized carbons (Fsp3) is 0.300. The van der Waals surface area contributed by atoms with Crippen LogP contribution in [0.3, 0.4) is 0 Å². The van der Waals surface area contributed by atoms with Crippen LogP contribution >= 0.6 is 31.9 Å². The molecule has 0 spiro atoms. The Morgan fingerprint density at radius 2 is 2.21 bits per heavy atom. The van der Waals surface area contributed by atoms with E-state index >= 15 is 0 Å². The minimum atomic E-state index is -0.346. The highest BCUT2D eigenvalue weighted by Crippen LogP contribution is 2.16. The summed E-state index contributed by atoms with van der Waals surface area (Å²) in [6, 6.07) is 4.53. The summed E-state index contributed by atoms with van der Waals surface area (Å²) in [5.74, 6) is -0.453. The van der Waals surface area contributed by atoms with Crippen LogP contribution in [0.25, 0.3) is 0 Å². The predicted octanol–water partition coefficient (Wildman–Crippen LogP) is 3.69. The molecule has 4 heteroatoms. The number of alkyl halides is 2. The van der Waals surface area contributed by atoms with Crippen molar-refractivity contribution in [3.8, 4) is 0 Å². The molecule has 1 aromatic rings. The van der Waals surface area contributed by atoms with E-state index < -0.39 is 0 Å². The molecule has 0 aliphatic heterocycles. The summed E-state index contributed by atoms with van der Waals surface area (Å²) in [5.41, 5.74) is 0.959. The average molecular weight is 324 g/mol. The van der Waals surface area contributed by atoms with Crippen LogP contribution in [0.4, 0.5) is 4.39 Å². The summed E-state index contributed by atoms with van der Waals surface area (Å²) in [4.78, 5) is 11.2. The Bertz CT molecular complexity index is 350. The van der Waals surface area contributed by atoms with Crippen LogP contribution in [0.1, 0.15) is 22.8 Å². The number of halogens is 3. The lowest BCUT2D eigenvalue weighted by Crippen LogP contribution is -2.10. The molecule has 1 unspecified atom stereocenters. The SMILES string of the molecule is CC(Br)C(=O)c1ccc(CBr)c(F)c1. The zero-order valence-electron chi connectivity index (χ0n) is 7.56. The fourth-order valence-electron chi connectivity index (χ4n) is 1.04. The molecular formula is C10H9Br2FO. The largest absolute Gasteiger partial charge is 0.293 e. The van der Waals surface area contributed by atoms with E-state index in [1.165, 1.54) is 6.07 Å². The van der Waals surface area contributed by atoms with Gasteiger partial charge >= 0.3 is 0 Å². The first-order valence-corrected chi connectivity index (χ1v) is 6.12. The molecule has 0 aliphatic rings. The highest BCUT2D eigenvalue weighted by Gasteiger charge is 2.13. The Labute approximate surface area is 99.0 Å². The quantitative estimate of drug-likeness (QED) is 0.612. The Balaban J connectivity index is 3.03. The third-order valence-electron chi connectivity index (χ3n) is 1.84. The van der Waals surface area contributed by atoms with Gasteiger partial charge in [0.15, 0.2) is 5.78 Å².